The first-order valence-corrected chi connectivity index (χ1v) is 11.9. The number of hydrogen-bond donors (Lipinski definition) is 5. The quantitative estimate of drug-likeness (QED) is 0.203. The highest BCUT2D eigenvalue weighted by Crippen LogP contribution is 2.37. The zero-order valence-corrected chi connectivity index (χ0v) is 20.4. The average molecular weight is 518 g/mol. The van der Waals surface area contributed by atoms with Crippen LogP contribution in [0.4, 0.5) is 0 Å². The van der Waals surface area contributed by atoms with Crippen molar-refractivity contribution in [1.82, 2.24) is 5.23 Å². The number of aliphatic hydroxyl groups excluding tert-OH is 4. The Labute approximate surface area is 212 Å². The van der Waals surface area contributed by atoms with E-state index in [0.29, 0.717) is 5.39 Å². The molecule has 1 aromatic heterocycles. The third kappa shape index (κ3) is 5.54. The highest BCUT2D eigenvalue weighted by molar-refractivity contribution is 5.84. The lowest BCUT2D eigenvalue weighted by Crippen LogP contribution is -2.60. The molecule has 5 N–H and O–H groups in total. The number of ether oxygens (including phenoxy) is 1. The van der Waals surface area contributed by atoms with Crippen LogP contribution in [0.1, 0.15) is 30.4 Å². The average Bonchev–Trinajstić information content (AvgIpc) is 2.91. The van der Waals surface area contributed by atoms with Crippen molar-refractivity contribution in [3.63, 3.8) is 0 Å². The summed E-state index contributed by atoms with van der Waals surface area (Å²) < 4.78 is 10.9. The number of benzene rings is 2. The van der Waals surface area contributed by atoms with Crippen LogP contribution >= 0.6 is 0 Å². The summed E-state index contributed by atoms with van der Waals surface area (Å²) in [4.78, 5) is 24.1. The molecule has 3 aromatic rings. The van der Waals surface area contributed by atoms with Crippen molar-refractivity contribution >= 4 is 11.0 Å². The van der Waals surface area contributed by atoms with E-state index in [1.807, 2.05) is 30.3 Å². The predicted octanol–water partition coefficient (Wildman–Crippen LogP) is 1.00. The van der Waals surface area contributed by atoms with E-state index in [1.54, 1.807) is 31.2 Å². The van der Waals surface area contributed by atoms with E-state index in [1.165, 1.54) is 7.11 Å². The summed E-state index contributed by atoms with van der Waals surface area (Å²) in [5, 5.41) is 52.4. The Kier molecular flexibility index (Phi) is 8.57. The number of aromatic hydroxyl groups is 1. The fraction of sp³-hybridized carbons (Fsp3) is 0.423. The lowest BCUT2D eigenvalue weighted by atomic mass is 9.86. The Morgan fingerprint density at radius 3 is 2.35 bits per heavy atom. The van der Waals surface area contributed by atoms with Crippen molar-refractivity contribution in [3.8, 4) is 5.75 Å². The van der Waals surface area contributed by atoms with Gasteiger partial charge in [0.05, 0.1) is 30.7 Å². The molecule has 1 fully saturated rings. The van der Waals surface area contributed by atoms with Gasteiger partial charge in [-0.25, -0.2) is 9.63 Å². The molecular formula is C26H31NO10. The molecule has 2 heterocycles. The Morgan fingerprint density at radius 2 is 1.68 bits per heavy atom. The fourth-order valence-corrected chi connectivity index (χ4v) is 4.57. The Balaban J connectivity index is 1.64. The van der Waals surface area contributed by atoms with Gasteiger partial charge in [-0.15, -0.1) is 0 Å². The summed E-state index contributed by atoms with van der Waals surface area (Å²) in [7, 11) is 1.32. The van der Waals surface area contributed by atoms with Crippen LogP contribution in [0.15, 0.2) is 63.8 Å². The van der Waals surface area contributed by atoms with E-state index in [0.717, 1.165) is 10.8 Å². The molecule has 200 valence electrons. The highest BCUT2D eigenvalue weighted by atomic mass is 17.0. The minimum Gasteiger partial charge on any atom is -0.507 e. The summed E-state index contributed by atoms with van der Waals surface area (Å²) in [5.74, 6) is -0.833. The van der Waals surface area contributed by atoms with Gasteiger partial charge in [-0.05, 0) is 31.0 Å². The number of hydroxylamine groups is 2. The monoisotopic (exact) mass is 517 g/mol. The van der Waals surface area contributed by atoms with Crippen LogP contribution in [0, 0.1) is 0 Å². The lowest BCUT2D eigenvalue weighted by molar-refractivity contribution is -0.453. The van der Waals surface area contributed by atoms with Gasteiger partial charge in [0, 0.05) is 5.92 Å². The van der Waals surface area contributed by atoms with Gasteiger partial charge in [-0.1, -0.05) is 47.7 Å². The van der Waals surface area contributed by atoms with E-state index in [9.17, 15) is 30.3 Å². The number of aliphatic hydroxyl groups is 4. The zero-order chi connectivity index (χ0) is 26.7. The Morgan fingerprint density at radius 1 is 1.00 bits per heavy atom. The summed E-state index contributed by atoms with van der Waals surface area (Å²) in [6.07, 6.45) is -7.23. The molecule has 0 saturated carbocycles. The van der Waals surface area contributed by atoms with E-state index in [2.05, 4.69) is 0 Å². The van der Waals surface area contributed by atoms with Gasteiger partial charge in [0.15, 0.2) is 0 Å². The lowest BCUT2D eigenvalue weighted by Gasteiger charge is -2.41. The molecule has 2 aromatic carbocycles. The highest BCUT2D eigenvalue weighted by Gasteiger charge is 2.45. The van der Waals surface area contributed by atoms with Gasteiger partial charge in [-0.2, -0.15) is 0 Å². The van der Waals surface area contributed by atoms with Gasteiger partial charge < -0.3 is 34.7 Å². The minimum absolute atomic E-state index is 0.0700. The topological polar surface area (TPSA) is 162 Å². The predicted molar refractivity (Wildman–Crippen MR) is 130 cm³/mol. The number of nitrogens with zero attached hydrogens (tertiary/aromatic N) is 1. The molecule has 0 bridgehead atoms. The minimum atomic E-state index is -1.64. The van der Waals surface area contributed by atoms with Crippen molar-refractivity contribution in [3.05, 3.63) is 76.1 Å². The standard InChI is InChI=1S/C26H31NO10/c1-14(27(34-2)37-26-24(32)23(31)22(30)19(13-28)36-26)12-17(15-8-4-3-5-9-15)20-21(29)16-10-6-7-11-18(16)35-25(20)33/h3-11,14,17,19,22-24,26,28-32H,12-13H2,1-2H3/t14?,17?,19-,22-,23+,24-,26?/m1/s1. The van der Waals surface area contributed by atoms with E-state index < -0.39 is 54.9 Å². The second-order valence-corrected chi connectivity index (χ2v) is 8.97. The van der Waals surface area contributed by atoms with E-state index >= 15 is 0 Å². The first kappa shape index (κ1) is 27.2. The van der Waals surface area contributed by atoms with Crippen molar-refractivity contribution in [2.45, 2.75) is 56.0 Å². The van der Waals surface area contributed by atoms with Crippen LogP contribution in [-0.4, -0.2) is 81.2 Å². The molecule has 4 rings (SSSR count). The summed E-state index contributed by atoms with van der Waals surface area (Å²) in [5.41, 5.74) is 0.380. The largest absolute Gasteiger partial charge is 0.507 e. The van der Waals surface area contributed by atoms with Crippen LogP contribution < -0.4 is 5.63 Å². The number of para-hydroxylation sites is 1. The number of rotatable bonds is 9. The van der Waals surface area contributed by atoms with Gasteiger partial charge >= 0.3 is 5.63 Å². The molecule has 11 heteroatoms. The summed E-state index contributed by atoms with van der Waals surface area (Å²) >= 11 is 0. The van der Waals surface area contributed by atoms with Crippen molar-refractivity contribution in [1.29, 1.82) is 0 Å². The molecule has 1 aliphatic heterocycles. The fourth-order valence-electron chi connectivity index (χ4n) is 4.57. The molecule has 1 aliphatic rings. The summed E-state index contributed by atoms with van der Waals surface area (Å²) in [6.45, 7) is 1.11. The van der Waals surface area contributed by atoms with Crippen molar-refractivity contribution in [2.24, 2.45) is 0 Å². The van der Waals surface area contributed by atoms with Gasteiger partial charge in [0.1, 0.15) is 35.7 Å². The molecule has 0 aliphatic carbocycles. The molecule has 7 atom stereocenters. The second kappa shape index (κ2) is 11.7. The Hall–Kier alpha value is -2.87. The Bertz CT molecular complexity index is 1230. The smallest absolute Gasteiger partial charge is 0.343 e. The normalized spacial score (nSPS) is 25.9. The van der Waals surface area contributed by atoms with Crippen LogP contribution in [0.5, 0.6) is 5.75 Å². The molecule has 0 amide bonds. The van der Waals surface area contributed by atoms with Crippen LogP contribution in [0.2, 0.25) is 0 Å². The third-order valence-corrected chi connectivity index (χ3v) is 6.54. The number of fused-ring (bicyclic) bond motifs is 1. The SMILES string of the molecule is CON(OC1O[C@H](CO)[C@@H](O)[C@H](O)[C@H]1O)C(C)CC(c1ccccc1)c1c(O)c2ccccc2oc1=O. The van der Waals surface area contributed by atoms with Gasteiger partial charge in [-0.3, -0.25) is 4.84 Å². The van der Waals surface area contributed by atoms with Crippen molar-refractivity contribution in [2.75, 3.05) is 13.7 Å². The summed E-state index contributed by atoms with van der Waals surface area (Å²) in [6, 6.07) is 15.2. The molecular weight excluding hydrogens is 486 g/mol. The third-order valence-electron chi connectivity index (χ3n) is 6.54. The molecule has 37 heavy (non-hydrogen) atoms. The maximum absolute atomic E-state index is 13.1. The maximum Gasteiger partial charge on any atom is 0.343 e. The van der Waals surface area contributed by atoms with Crippen LogP contribution in [0.25, 0.3) is 11.0 Å². The van der Waals surface area contributed by atoms with Crippen LogP contribution in [0.3, 0.4) is 0 Å². The number of hydrogen-bond acceptors (Lipinski definition) is 11. The van der Waals surface area contributed by atoms with Gasteiger partial charge in [0.2, 0.25) is 6.29 Å². The van der Waals surface area contributed by atoms with E-state index in [4.69, 9.17) is 18.8 Å². The second-order valence-electron chi connectivity index (χ2n) is 8.97. The van der Waals surface area contributed by atoms with E-state index in [-0.39, 0.29) is 23.3 Å². The van der Waals surface area contributed by atoms with Gasteiger partial charge in [0.25, 0.3) is 0 Å². The van der Waals surface area contributed by atoms with Crippen LogP contribution in [-0.2, 0) is 14.4 Å². The molecule has 3 unspecified atom stereocenters. The maximum atomic E-state index is 13.1. The zero-order valence-electron chi connectivity index (χ0n) is 20.4. The molecule has 0 radical (unpaired) electrons. The molecule has 1 saturated heterocycles. The molecule has 0 spiro atoms. The first-order chi connectivity index (χ1) is 17.8. The molecule has 11 nitrogen and oxygen atoms in total. The first-order valence-electron chi connectivity index (χ1n) is 11.9. The van der Waals surface area contributed by atoms with Crippen molar-refractivity contribution < 1.29 is 44.4 Å².